The summed E-state index contributed by atoms with van der Waals surface area (Å²) < 4.78 is 15.7. The summed E-state index contributed by atoms with van der Waals surface area (Å²) in [4.78, 5) is 12.2. The third-order valence-electron chi connectivity index (χ3n) is 3.26. The van der Waals surface area contributed by atoms with Crippen LogP contribution in [0.3, 0.4) is 0 Å². The summed E-state index contributed by atoms with van der Waals surface area (Å²) in [6, 6.07) is 5.60. The zero-order valence-electron chi connectivity index (χ0n) is 12.0. The second-order valence-electron chi connectivity index (χ2n) is 4.75. The fraction of sp³-hybridized carbons (Fsp3) is 0.438. The molecular weight excluding hydrogens is 256 g/mol. The molecule has 106 valence electrons. The molecule has 0 fully saturated rings. The van der Waals surface area contributed by atoms with Gasteiger partial charge in [0.05, 0.1) is 6.61 Å². The van der Waals surface area contributed by atoms with E-state index in [1.54, 1.807) is 14.0 Å². The van der Waals surface area contributed by atoms with E-state index in [0.29, 0.717) is 19.0 Å². The first kappa shape index (κ1) is 14.4. The van der Waals surface area contributed by atoms with E-state index in [4.69, 9.17) is 14.2 Å². The molecule has 0 aliphatic carbocycles. The molecule has 0 N–H and O–H groups in total. The molecule has 1 unspecified atom stereocenters. The highest BCUT2D eigenvalue weighted by atomic mass is 16.5. The highest BCUT2D eigenvalue weighted by Crippen LogP contribution is 2.41. The summed E-state index contributed by atoms with van der Waals surface area (Å²) in [5, 5.41) is 0. The van der Waals surface area contributed by atoms with Gasteiger partial charge in [-0.15, -0.1) is 0 Å². The van der Waals surface area contributed by atoms with Crippen LogP contribution < -0.4 is 4.74 Å². The van der Waals surface area contributed by atoms with Crippen molar-refractivity contribution in [3.05, 3.63) is 29.3 Å². The number of rotatable bonds is 3. The fourth-order valence-electron chi connectivity index (χ4n) is 2.27. The SMILES string of the molecule is CCOC(=O)C1(C)COc2cccc(C#CCOC)c21. The van der Waals surface area contributed by atoms with Gasteiger partial charge >= 0.3 is 5.97 Å². The van der Waals surface area contributed by atoms with Crippen LogP contribution in [-0.4, -0.2) is 32.9 Å². The minimum Gasteiger partial charge on any atom is -0.492 e. The summed E-state index contributed by atoms with van der Waals surface area (Å²) in [6.45, 7) is 4.60. The second kappa shape index (κ2) is 5.98. The molecule has 4 nitrogen and oxygen atoms in total. The number of hydrogen-bond donors (Lipinski definition) is 0. The number of benzene rings is 1. The second-order valence-corrected chi connectivity index (χ2v) is 4.75. The van der Waals surface area contributed by atoms with Crippen molar-refractivity contribution in [1.29, 1.82) is 0 Å². The lowest BCUT2D eigenvalue weighted by Gasteiger charge is -2.21. The number of fused-ring (bicyclic) bond motifs is 1. The molecule has 1 heterocycles. The zero-order valence-corrected chi connectivity index (χ0v) is 12.0. The molecular formula is C16H18O4. The van der Waals surface area contributed by atoms with E-state index in [9.17, 15) is 4.79 Å². The van der Waals surface area contributed by atoms with Gasteiger partial charge in [0.2, 0.25) is 0 Å². The first-order chi connectivity index (χ1) is 9.63. The van der Waals surface area contributed by atoms with Crippen LogP contribution in [-0.2, 0) is 19.7 Å². The fourth-order valence-corrected chi connectivity index (χ4v) is 2.27. The van der Waals surface area contributed by atoms with Gasteiger partial charge in [0.15, 0.2) is 0 Å². The Kier molecular flexibility index (Phi) is 4.31. The molecule has 20 heavy (non-hydrogen) atoms. The molecule has 4 heteroatoms. The van der Waals surface area contributed by atoms with Crippen molar-refractivity contribution in [2.24, 2.45) is 0 Å². The van der Waals surface area contributed by atoms with Crippen LogP contribution in [0.4, 0.5) is 0 Å². The topological polar surface area (TPSA) is 44.8 Å². The summed E-state index contributed by atoms with van der Waals surface area (Å²) >= 11 is 0. The van der Waals surface area contributed by atoms with Gasteiger partial charge in [0.25, 0.3) is 0 Å². The van der Waals surface area contributed by atoms with Crippen LogP contribution in [0, 0.1) is 11.8 Å². The van der Waals surface area contributed by atoms with Gasteiger partial charge in [-0.2, -0.15) is 0 Å². The Morgan fingerprint density at radius 1 is 1.50 bits per heavy atom. The van der Waals surface area contributed by atoms with Crippen molar-refractivity contribution in [3.63, 3.8) is 0 Å². The number of hydrogen-bond acceptors (Lipinski definition) is 4. The molecule has 1 aromatic rings. The van der Waals surface area contributed by atoms with Gasteiger partial charge in [-0.05, 0) is 26.0 Å². The molecule has 0 spiro atoms. The molecule has 0 amide bonds. The van der Waals surface area contributed by atoms with Gasteiger partial charge in [-0.3, -0.25) is 4.79 Å². The Balaban J connectivity index is 2.44. The van der Waals surface area contributed by atoms with E-state index in [-0.39, 0.29) is 12.6 Å². The van der Waals surface area contributed by atoms with Gasteiger partial charge in [-0.25, -0.2) is 0 Å². The monoisotopic (exact) mass is 274 g/mol. The summed E-state index contributed by atoms with van der Waals surface area (Å²) in [5.41, 5.74) is 0.790. The van der Waals surface area contributed by atoms with E-state index in [1.165, 1.54) is 0 Å². The summed E-state index contributed by atoms with van der Waals surface area (Å²) in [7, 11) is 1.59. The molecule has 0 aromatic heterocycles. The smallest absolute Gasteiger partial charge is 0.319 e. The summed E-state index contributed by atoms with van der Waals surface area (Å²) in [5.74, 6) is 6.37. The average molecular weight is 274 g/mol. The Morgan fingerprint density at radius 2 is 2.30 bits per heavy atom. The highest BCUT2D eigenvalue weighted by molar-refractivity contribution is 5.86. The predicted molar refractivity (Wildman–Crippen MR) is 74.7 cm³/mol. The average Bonchev–Trinajstić information content (AvgIpc) is 2.80. The standard InChI is InChI=1S/C16H18O4/c1-4-19-15(17)16(2)11-20-13-9-5-7-12(14(13)16)8-6-10-18-3/h5,7,9H,4,10-11H2,1-3H3. The lowest BCUT2D eigenvalue weighted by atomic mass is 9.82. The van der Waals surface area contributed by atoms with Crippen molar-refractivity contribution >= 4 is 5.97 Å². The van der Waals surface area contributed by atoms with E-state index in [2.05, 4.69) is 11.8 Å². The Bertz CT molecular complexity index is 568. The number of carbonyl (C=O) groups excluding carboxylic acids is 1. The van der Waals surface area contributed by atoms with Crippen LogP contribution in [0.15, 0.2) is 18.2 Å². The normalized spacial score (nSPS) is 19.6. The van der Waals surface area contributed by atoms with Crippen molar-refractivity contribution in [2.75, 3.05) is 26.9 Å². The molecule has 1 aliphatic heterocycles. The minimum absolute atomic E-state index is 0.278. The number of ether oxygens (including phenoxy) is 3. The van der Waals surface area contributed by atoms with Crippen molar-refractivity contribution < 1.29 is 19.0 Å². The maximum absolute atomic E-state index is 12.2. The Labute approximate surface area is 119 Å². The molecule has 0 bridgehead atoms. The van der Waals surface area contributed by atoms with Crippen LogP contribution in [0.5, 0.6) is 5.75 Å². The molecule has 2 rings (SSSR count). The summed E-state index contributed by atoms with van der Waals surface area (Å²) in [6.07, 6.45) is 0. The van der Waals surface area contributed by atoms with E-state index in [0.717, 1.165) is 11.1 Å². The molecule has 0 saturated heterocycles. The minimum atomic E-state index is -0.802. The van der Waals surface area contributed by atoms with E-state index in [1.807, 2.05) is 25.1 Å². The number of carbonyl (C=O) groups is 1. The molecule has 0 saturated carbocycles. The molecule has 1 aromatic carbocycles. The highest BCUT2D eigenvalue weighted by Gasteiger charge is 2.46. The van der Waals surface area contributed by atoms with Crippen molar-refractivity contribution in [1.82, 2.24) is 0 Å². The lowest BCUT2D eigenvalue weighted by Crippen LogP contribution is -2.36. The van der Waals surface area contributed by atoms with Crippen LogP contribution in [0.2, 0.25) is 0 Å². The zero-order chi connectivity index (χ0) is 14.6. The lowest BCUT2D eigenvalue weighted by molar-refractivity contribution is -0.149. The van der Waals surface area contributed by atoms with Crippen LogP contribution >= 0.6 is 0 Å². The molecule has 1 aliphatic rings. The number of methoxy groups -OCH3 is 1. The quantitative estimate of drug-likeness (QED) is 0.624. The number of esters is 1. The third-order valence-corrected chi connectivity index (χ3v) is 3.26. The largest absolute Gasteiger partial charge is 0.492 e. The first-order valence-electron chi connectivity index (χ1n) is 6.54. The molecule has 0 radical (unpaired) electrons. The Morgan fingerprint density at radius 3 is 3.00 bits per heavy atom. The van der Waals surface area contributed by atoms with Crippen molar-refractivity contribution in [3.8, 4) is 17.6 Å². The van der Waals surface area contributed by atoms with Crippen molar-refractivity contribution in [2.45, 2.75) is 19.3 Å². The predicted octanol–water partition coefficient (Wildman–Crippen LogP) is 1.90. The van der Waals surface area contributed by atoms with E-state index < -0.39 is 5.41 Å². The maximum Gasteiger partial charge on any atom is 0.319 e. The maximum atomic E-state index is 12.2. The van der Waals surface area contributed by atoms with E-state index >= 15 is 0 Å². The third kappa shape index (κ3) is 2.50. The van der Waals surface area contributed by atoms with Gasteiger partial charge < -0.3 is 14.2 Å². The van der Waals surface area contributed by atoms with Crippen LogP contribution in [0.1, 0.15) is 25.0 Å². The Hall–Kier alpha value is -1.99. The van der Waals surface area contributed by atoms with Gasteiger partial charge in [0, 0.05) is 18.2 Å². The van der Waals surface area contributed by atoms with Crippen LogP contribution in [0.25, 0.3) is 0 Å². The first-order valence-corrected chi connectivity index (χ1v) is 6.54. The van der Waals surface area contributed by atoms with Gasteiger partial charge in [0.1, 0.15) is 24.4 Å². The van der Waals surface area contributed by atoms with Gasteiger partial charge in [-0.1, -0.05) is 17.9 Å². The molecule has 1 atom stereocenters.